The van der Waals surface area contributed by atoms with Gasteiger partial charge in [-0.3, -0.25) is 5.43 Å². The van der Waals surface area contributed by atoms with Gasteiger partial charge in [-0.25, -0.2) is 4.39 Å². The number of halogens is 1. The Balaban J connectivity index is 2.07. The lowest BCUT2D eigenvalue weighted by Crippen LogP contribution is -2.46. The Morgan fingerprint density at radius 1 is 1.30 bits per heavy atom. The number of hydrogen-bond acceptors (Lipinski definition) is 4. The van der Waals surface area contributed by atoms with E-state index in [2.05, 4.69) is 32.6 Å². The second kappa shape index (κ2) is 8.21. The fourth-order valence-electron chi connectivity index (χ4n) is 2.55. The second-order valence-corrected chi connectivity index (χ2v) is 5.88. The lowest BCUT2D eigenvalue weighted by Gasteiger charge is -2.35. The number of hydrazone groups is 1. The number of hydrogen-bond donors (Lipinski definition) is 2. The smallest absolute Gasteiger partial charge is 0.186 e. The highest BCUT2D eigenvalue weighted by Crippen LogP contribution is 2.22. The SMILES string of the molecule is CCN1CCN(c2ccc(/C(C)=N\NC(=S)NC)cc2F)CC1. The van der Waals surface area contributed by atoms with E-state index >= 15 is 0 Å². The molecule has 1 aliphatic heterocycles. The Labute approximate surface area is 142 Å². The number of rotatable bonds is 4. The first-order chi connectivity index (χ1) is 11.0. The summed E-state index contributed by atoms with van der Waals surface area (Å²) in [5.74, 6) is -0.210. The Morgan fingerprint density at radius 3 is 2.57 bits per heavy atom. The molecule has 0 aromatic heterocycles. The summed E-state index contributed by atoms with van der Waals surface area (Å²) in [5.41, 5.74) is 4.80. The van der Waals surface area contributed by atoms with Crippen molar-refractivity contribution in [3.8, 4) is 0 Å². The van der Waals surface area contributed by atoms with E-state index < -0.39 is 0 Å². The lowest BCUT2D eigenvalue weighted by atomic mass is 10.1. The van der Waals surface area contributed by atoms with Crippen LogP contribution in [0.2, 0.25) is 0 Å². The Kier molecular flexibility index (Phi) is 6.29. The molecule has 0 spiro atoms. The minimum Gasteiger partial charge on any atom is -0.367 e. The molecule has 1 heterocycles. The van der Waals surface area contributed by atoms with Gasteiger partial charge >= 0.3 is 0 Å². The molecular weight excluding hydrogens is 313 g/mol. The van der Waals surface area contributed by atoms with Crippen molar-refractivity contribution in [2.45, 2.75) is 13.8 Å². The van der Waals surface area contributed by atoms with Gasteiger partial charge in [-0.05, 0) is 37.8 Å². The summed E-state index contributed by atoms with van der Waals surface area (Å²) >= 11 is 4.96. The molecule has 0 bridgehead atoms. The molecule has 126 valence electrons. The zero-order valence-corrected chi connectivity index (χ0v) is 14.7. The summed E-state index contributed by atoms with van der Waals surface area (Å²) in [5, 5.41) is 7.34. The standard InChI is InChI=1S/C16H24FN5S/c1-4-21-7-9-22(10-8-21)15-6-5-13(11-14(15)17)12(2)19-20-16(23)18-3/h5-6,11H,4,7-10H2,1-3H3,(H2,18,20,23)/b19-12-. The summed E-state index contributed by atoms with van der Waals surface area (Å²) in [7, 11) is 1.72. The summed E-state index contributed by atoms with van der Waals surface area (Å²) in [6.07, 6.45) is 0. The molecule has 0 aliphatic carbocycles. The predicted octanol–water partition coefficient (Wildman–Crippen LogP) is 1.79. The first-order valence-electron chi connectivity index (χ1n) is 7.84. The first-order valence-corrected chi connectivity index (χ1v) is 8.25. The maximum absolute atomic E-state index is 14.5. The minimum atomic E-state index is -0.210. The number of nitrogens with one attached hydrogen (secondary N) is 2. The predicted molar refractivity (Wildman–Crippen MR) is 97.7 cm³/mol. The third kappa shape index (κ3) is 4.62. The number of likely N-dealkylation sites (N-methyl/N-ethyl adjacent to an activating group) is 1. The van der Waals surface area contributed by atoms with Crippen LogP contribution in [0.15, 0.2) is 23.3 Å². The van der Waals surface area contributed by atoms with E-state index in [1.807, 2.05) is 19.1 Å². The van der Waals surface area contributed by atoms with Crippen molar-refractivity contribution in [1.29, 1.82) is 0 Å². The van der Waals surface area contributed by atoms with Crippen molar-refractivity contribution in [1.82, 2.24) is 15.6 Å². The van der Waals surface area contributed by atoms with Crippen LogP contribution >= 0.6 is 12.2 Å². The van der Waals surface area contributed by atoms with E-state index in [0.717, 1.165) is 38.3 Å². The summed E-state index contributed by atoms with van der Waals surface area (Å²) < 4.78 is 14.5. The van der Waals surface area contributed by atoms with Gasteiger partial charge in [0, 0.05) is 38.8 Å². The van der Waals surface area contributed by atoms with Gasteiger partial charge in [0.15, 0.2) is 5.11 Å². The van der Waals surface area contributed by atoms with Crippen molar-refractivity contribution in [2.75, 3.05) is 44.7 Å². The number of anilines is 1. The molecule has 0 unspecified atom stereocenters. The molecule has 1 aromatic carbocycles. The molecule has 0 saturated carbocycles. The van der Waals surface area contributed by atoms with Crippen LogP contribution in [-0.4, -0.2) is 55.5 Å². The quantitative estimate of drug-likeness (QED) is 0.498. The van der Waals surface area contributed by atoms with Gasteiger partial charge in [-0.2, -0.15) is 5.10 Å². The van der Waals surface area contributed by atoms with Crippen LogP contribution in [0.4, 0.5) is 10.1 Å². The zero-order chi connectivity index (χ0) is 16.8. The highest BCUT2D eigenvalue weighted by Gasteiger charge is 2.18. The van der Waals surface area contributed by atoms with Gasteiger partial charge in [0.25, 0.3) is 0 Å². The fraction of sp³-hybridized carbons (Fsp3) is 0.500. The molecule has 1 aliphatic rings. The van der Waals surface area contributed by atoms with Crippen LogP contribution < -0.4 is 15.6 Å². The zero-order valence-electron chi connectivity index (χ0n) is 13.9. The summed E-state index contributed by atoms with van der Waals surface area (Å²) in [6.45, 7) is 8.69. The van der Waals surface area contributed by atoms with Gasteiger partial charge in [0.2, 0.25) is 0 Å². The van der Waals surface area contributed by atoms with Crippen LogP contribution in [0.5, 0.6) is 0 Å². The summed E-state index contributed by atoms with van der Waals surface area (Å²) in [4.78, 5) is 4.47. The highest BCUT2D eigenvalue weighted by molar-refractivity contribution is 7.80. The molecule has 1 saturated heterocycles. The molecular formula is C16H24FN5S. The van der Waals surface area contributed by atoms with Crippen molar-refractivity contribution < 1.29 is 4.39 Å². The van der Waals surface area contributed by atoms with E-state index in [1.165, 1.54) is 6.07 Å². The lowest BCUT2D eigenvalue weighted by molar-refractivity contribution is 0.270. The number of benzene rings is 1. The van der Waals surface area contributed by atoms with E-state index in [0.29, 0.717) is 16.5 Å². The van der Waals surface area contributed by atoms with Gasteiger partial charge in [-0.1, -0.05) is 13.0 Å². The molecule has 23 heavy (non-hydrogen) atoms. The number of nitrogens with zero attached hydrogens (tertiary/aromatic N) is 3. The third-order valence-electron chi connectivity index (χ3n) is 4.08. The van der Waals surface area contributed by atoms with Crippen LogP contribution in [-0.2, 0) is 0 Å². The fourth-order valence-corrected chi connectivity index (χ4v) is 2.59. The van der Waals surface area contributed by atoms with E-state index in [9.17, 15) is 4.39 Å². The molecule has 0 atom stereocenters. The Bertz CT molecular complexity index is 582. The molecule has 7 heteroatoms. The molecule has 0 radical (unpaired) electrons. The van der Waals surface area contributed by atoms with Gasteiger partial charge in [0.05, 0.1) is 11.4 Å². The van der Waals surface area contributed by atoms with Crippen LogP contribution in [0.25, 0.3) is 0 Å². The average molecular weight is 337 g/mol. The normalized spacial score (nSPS) is 16.3. The van der Waals surface area contributed by atoms with Crippen molar-refractivity contribution in [2.24, 2.45) is 5.10 Å². The van der Waals surface area contributed by atoms with E-state index in [-0.39, 0.29) is 5.82 Å². The summed E-state index contributed by atoms with van der Waals surface area (Å²) in [6, 6.07) is 5.26. The van der Waals surface area contributed by atoms with Gasteiger partial charge < -0.3 is 15.1 Å². The molecule has 2 N–H and O–H groups in total. The molecule has 2 rings (SSSR count). The van der Waals surface area contributed by atoms with E-state index in [1.54, 1.807) is 7.05 Å². The van der Waals surface area contributed by atoms with Crippen molar-refractivity contribution in [3.05, 3.63) is 29.6 Å². The van der Waals surface area contributed by atoms with Crippen LogP contribution in [0, 0.1) is 5.82 Å². The molecule has 5 nitrogen and oxygen atoms in total. The monoisotopic (exact) mass is 337 g/mol. The van der Waals surface area contributed by atoms with Crippen LogP contribution in [0.1, 0.15) is 19.4 Å². The van der Waals surface area contributed by atoms with Gasteiger partial charge in [-0.15, -0.1) is 0 Å². The topological polar surface area (TPSA) is 42.9 Å². The third-order valence-corrected chi connectivity index (χ3v) is 4.37. The van der Waals surface area contributed by atoms with Crippen LogP contribution in [0.3, 0.4) is 0 Å². The van der Waals surface area contributed by atoms with Gasteiger partial charge in [0.1, 0.15) is 5.82 Å². The van der Waals surface area contributed by atoms with E-state index in [4.69, 9.17) is 12.2 Å². The number of piperazine rings is 1. The Hall–Kier alpha value is -1.73. The first kappa shape index (κ1) is 17.6. The average Bonchev–Trinajstić information content (AvgIpc) is 2.59. The molecule has 0 amide bonds. The van der Waals surface area contributed by atoms with Crippen molar-refractivity contribution >= 4 is 28.7 Å². The maximum Gasteiger partial charge on any atom is 0.186 e. The number of thiocarbonyl (C=S) groups is 1. The second-order valence-electron chi connectivity index (χ2n) is 5.48. The minimum absolute atomic E-state index is 0.210. The maximum atomic E-state index is 14.5. The largest absolute Gasteiger partial charge is 0.367 e. The highest BCUT2D eigenvalue weighted by atomic mass is 32.1. The molecule has 1 fully saturated rings. The molecule has 1 aromatic rings. The van der Waals surface area contributed by atoms with Crippen molar-refractivity contribution in [3.63, 3.8) is 0 Å². The Morgan fingerprint density at radius 2 is 2.00 bits per heavy atom.